The van der Waals surface area contributed by atoms with Crippen LogP contribution >= 0.6 is 0 Å². The van der Waals surface area contributed by atoms with Gasteiger partial charge in [-0.1, -0.05) is 25.2 Å². The third-order valence-electron chi connectivity index (χ3n) is 2.63. The van der Waals surface area contributed by atoms with Crippen LogP contribution in [0.2, 0.25) is 0 Å². The third kappa shape index (κ3) is 4.82. The van der Waals surface area contributed by atoms with E-state index in [-0.39, 0.29) is 6.42 Å². The molecule has 0 aliphatic heterocycles. The summed E-state index contributed by atoms with van der Waals surface area (Å²) in [5.41, 5.74) is 7.80. The molecular formula is C13H19NO2. The van der Waals surface area contributed by atoms with Crippen LogP contribution in [0.4, 0.5) is 0 Å². The van der Waals surface area contributed by atoms with Crippen molar-refractivity contribution in [3.8, 4) is 0 Å². The van der Waals surface area contributed by atoms with Crippen LogP contribution in [-0.4, -0.2) is 11.1 Å². The molecular weight excluding hydrogens is 202 g/mol. The van der Waals surface area contributed by atoms with Crippen molar-refractivity contribution < 1.29 is 9.90 Å². The van der Waals surface area contributed by atoms with E-state index < -0.39 is 5.97 Å². The number of carboxylic acids is 1. The first-order chi connectivity index (χ1) is 7.58. The second-order valence-corrected chi connectivity index (χ2v) is 4.33. The lowest BCUT2D eigenvalue weighted by molar-refractivity contribution is -0.137. The highest BCUT2D eigenvalue weighted by Crippen LogP contribution is 2.19. The normalized spacial score (nSPS) is 17.3. The van der Waals surface area contributed by atoms with Gasteiger partial charge in [0.25, 0.3) is 0 Å². The molecule has 0 aromatic rings. The second-order valence-electron chi connectivity index (χ2n) is 4.33. The molecule has 1 atom stereocenters. The Balaban J connectivity index is 2.44. The van der Waals surface area contributed by atoms with E-state index in [1.54, 1.807) is 0 Å². The molecule has 0 fully saturated rings. The van der Waals surface area contributed by atoms with E-state index in [1.807, 2.05) is 12.2 Å². The van der Waals surface area contributed by atoms with Gasteiger partial charge in [0.2, 0.25) is 0 Å². The van der Waals surface area contributed by atoms with Gasteiger partial charge in [-0.25, -0.2) is 0 Å². The Morgan fingerprint density at radius 1 is 1.56 bits per heavy atom. The van der Waals surface area contributed by atoms with Crippen molar-refractivity contribution in [1.82, 2.24) is 0 Å². The van der Waals surface area contributed by atoms with E-state index in [9.17, 15) is 4.79 Å². The van der Waals surface area contributed by atoms with E-state index in [4.69, 9.17) is 10.8 Å². The molecule has 0 spiro atoms. The van der Waals surface area contributed by atoms with E-state index in [1.165, 1.54) is 5.57 Å². The van der Waals surface area contributed by atoms with Gasteiger partial charge < -0.3 is 10.8 Å². The molecule has 88 valence electrons. The maximum absolute atomic E-state index is 10.4. The van der Waals surface area contributed by atoms with Crippen molar-refractivity contribution in [2.75, 3.05) is 0 Å². The fourth-order valence-electron chi connectivity index (χ4n) is 1.69. The first-order valence-electron chi connectivity index (χ1n) is 5.61. The number of nitrogens with two attached hydrogens (primary N) is 1. The first-order valence-corrected chi connectivity index (χ1v) is 5.61. The highest BCUT2D eigenvalue weighted by Gasteiger charge is 2.07. The third-order valence-corrected chi connectivity index (χ3v) is 2.63. The van der Waals surface area contributed by atoms with Crippen molar-refractivity contribution in [3.63, 3.8) is 0 Å². The maximum atomic E-state index is 10.4. The Labute approximate surface area is 96.3 Å². The standard InChI is InChI=1S/C13H19NO2/c1-10(5-8-13(15)16)9-11-3-2-4-12(14)7-6-11/h2-3,6-7,10H,4-5,8-9,14H2,1H3,(H,15,16). The van der Waals surface area contributed by atoms with Crippen LogP contribution in [0.5, 0.6) is 0 Å². The Kier molecular flexibility index (Phi) is 4.83. The highest BCUT2D eigenvalue weighted by molar-refractivity contribution is 5.66. The lowest BCUT2D eigenvalue weighted by atomic mass is 9.96. The summed E-state index contributed by atoms with van der Waals surface area (Å²) in [7, 11) is 0. The predicted molar refractivity (Wildman–Crippen MR) is 64.8 cm³/mol. The lowest BCUT2D eigenvalue weighted by Crippen LogP contribution is -2.01. The molecule has 0 saturated carbocycles. The quantitative estimate of drug-likeness (QED) is 0.750. The van der Waals surface area contributed by atoms with Gasteiger partial charge in [0.1, 0.15) is 0 Å². The van der Waals surface area contributed by atoms with Crippen molar-refractivity contribution >= 4 is 5.97 Å². The zero-order valence-electron chi connectivity index (χ0n) is 9.65. The molecule has 0 bridgehead atoms. The van der Waals surface area contributed by atoms with Crippen LogP contribution in [-0.2, 0) is 4.79 Å². The number of rotatable bonds is 5. The number of hydrogen-bond acceptors (Lipinski definition) is 2. The molecule has 0 radical (unpaired) electrons. The summed E-state index contributed by atoms with van der Waals surface area (Å²) in [6, 6.07) is 0. The SMILES string of the molecule is CC(CCC(=O)O)CC1=CC=C(N)CC=C1. The van der Waals surface area contributed by atoms with E-state index >= 15 is 0 Å². The van der Waals surface area contributed by atoms with Crippen LogP contribution in [0.3, 0.4) is 0 Å². The highest BCUT2D eigenvalue weighted by atomic mass is 16.4. The zero-order chi connectivity index (χ0) is 12.0. The average molecular weight is 221 g/mol. The van der Waals surface area contributed by atoms with Crippen molar-refractivity contribution in [3.05, 3.63) is 35.6 Å². The number of carboxylic acid groups (broad SMARTS) is 1. The van der Waals surface area contributed by atoms with Crippen molar-refractivity contribution in [2.45, 2.75) is 32.6 Å². The minimum Gasteiger partial charge on any atom is -0.481 e. The Morgan fingerprint density at radius 3 is 3.00 bits per heavy atom. The van der Waals surface area contributed by atoms with E-state index in [0.717, 1.165) is 25.0 Å². The fourth-order valence-corrected chi connectivity index (χ4v) is 1.69. The summed E-state index contributed by atoms with van der Waals surface area (Å²) >= 11 is 0. The molecule has 3 nitrogen and oxygen atoms in total. The van der Waals surface area contributed by atoms with E-state index in [0.29, 0.717) is 5.92 Å². The summed E-state index contributed by atoms with van der Waals surface area (Å²) in [6.07, 6.45) is 10.8. The van der Waals surface area contributed by atoms with Crippen molar-refractivity contribution in [1.29, 1.82) is 0 Å². The zero-order valence-corrected chi connectivity index (χ0v) is 9.65. The van der Waals surface area contributed by atoms with Gasteiger partial charge in [-0.15, -0.1) is 0 Å². The average Bonchev–Trinajstić information content (AvgIpc) is 2.41. The number of hydrogen-bond donors (Lipinski definition) is 2. The molecule has 1 aliphatic rings. The summed E-state index contributed by atoms with van der Waals surface area (Å²) in [5, 5.41) is 8.59. The molecule has 0 aromatic carbocycles. The summed E-state index contributed by atoms with van der Waals surface area (Å²) in [6.45, 7) is 2.08. The summed E-state index contributed by atoms with van der Waals surface area (Å²) < 4.78 is 0. The molecule has 16 heavy (non-hydrogen) atoms. The predicted octanol–water partition coefficient (Wildman–Crippen LogP) is 2.61. The number of carbonyl (C=O) groups is 1. The van der Waals surface area contributed by atoms with Gasteiger partial charge in [0.15, 0.2) is 0 Å². The van der Waals surface area contributed by atoms with Gasteiger partial charge in [-0.3, -0.25) is 4.79 Å². The fraction of sp³-hybridized carbons (Fsp3) is 0.462. The minimum absolute atomic E-state index is 0.246. The Morgan fingerprint density at radius 2 is 2.31 bits per heavy atom. The van der Waals surface area contributed by atoms with Crippen molar-refractivity contribution in [2.24, 2.45) is 11.7 Å². The second kappa shape index (κ2) is 6.16. The summed E-state index contributed by atoms with van der Waals surface area (Å²) in [5.74, 6) is -0.332. The van der Waals surface area contributed by atoms with Crippen LogP contribution < -0.4 is 5.73 Å². The topological polar surface area (TPSA) is 63.3 Å². The molecule has 1 aliphatic carbocycles. The van der Waals surface area contributed by atoms with Gasteiger partial charge in [0.05, 0.1) is 0 Å². The monoisotopic (exact) mass is 221 g/mol. The lowest BCUT2D eigenvalue weighted by Gasteiger charge is -2.09. The Bertz CT molecular complexity index is 340. The van der Waals surface area contributed by atoms with Crippen LogP contribution in [0.25, 0.3) is 0 Å². The maximum Gasteiger partial charge on any atom is 0.303 e. The minimum atomic E-state index is -0.721. The van der Waals surface area contributed by atoms with E-state index in [2.05, 4.69) is 19.1 Å². The van der Waals surface area contributed by atoms with Gasteiger partial charge in [-0.2, -0.15) is 0 Å². The first kappa shape index (κ1) is 12.6. The molecule has 3 N–H and O–H groups in total. The van der Waals surface area contributed by atoms with Gasteiger partial charge >= 0.3 is 5.97 Å². The molecule has 0 aromatic heterocycles. The molecule has 3 heteroatoms. The number of aliphatic carboxylic acids is 1. The molecule has 1 rings (SSSR count). The molecule has 1 unspecified atom stereocenters. The van der Waals surface area contributed by atoms with Crippen LogP contribution in [0, 0.1) is 5.92 Å². The largest absolute Gasteiger partial charge is 0.481 e. The number of allylic oxidation sites excluding steroid dienone is 5. The smallest absolute Gasteiger partial charge is 0.303 e. The van der Waals surface area contributed by atoms with Crippen LogP contribution in [0.15, 0.2) is 35.6 Å². The molecule has 0 amide bonds. The molecule has 0 heterocycles. The van der Waals surface area contributed by atoms with Crippen LogP contribution in [0.1, 0.15) is 32.6 Å². The summed E-state index contributed by atoms with van der Waals surface area (Å²) in [4.78, 5) is 10.4. The van der Waals surface area contributed by atoms with Gasteiger partial charge in [0, 0.05) is 18.5 Å². The Hall–Kier alpha value is -1.51. The molecule has 0 saturated heterocycles. The van der Waals surface area contributed by atoms with Gasteiger partial charge in [-0.05, 0) is 30.4 Å².